The van der Waals surface area contributed by atoms with Crippen LogP contribution >= 0.6 is 8.03 Å². The van der Waals surface area contributed by atoms with Crippen LogP contribution in [0.1, 0.15) is 17.2 Å². The molecule has 1 atom stereocenters. The molecule has 0 aromatic heterocycles. The van der Waals surface area contributed by atoms with Gasteiger partial charge in [0.1, 0.15) is 0 Å². The van der Waals surface area contributed by atoms with E-state index < -0.39 is 8.03 Å². The van der Waals surface area contributed by atoms with E-state index in [2.05, 4.69) is 29.6 Å². The van der Waals surface area contributed by atoms with Crippen LogP contribution in [0, 0.1) is 0 Å². The average molecular weight is 275 g/mol. The highest BCUT2D eigenvalue weighted by atomic mass is 31.1. The predicted octanol–water partition coefficient (Wildman–Crippen LogP) is 2.83. The van der Waals surface area contributed by atoms with Gasteiger partial charge in [-0.2, -0.15) is 0 Å². The fourth-order valence-electron chi connectivity index (χ4n) is 2.04. The summed E-state index contributed by atoms with van der Waals surface area (Å²) in [4.78, 5) is 8.91. The standard InChI is InChI=1S/C15H18NO2P/c17-19(18)12-11-16-15(13-7-3-1-4-8-13)14-9-5-2-6-10-14/h1-10,15-16,19H,11-12H2,(H,17,18). The summed E-state index contributed by atoms with van der Waals surface area (Å²) >= 11 is 0. The maximum atomic E-state index is 10.8. The minimum absolute atomic E-state index is 0.0590. The number of benzene rings is 2. The van der Waals surface area contributed by atoms with Gasteiger partial charge in [0.25, 0.3) is 0 Å². The summed E-state index contributed by atoms with van der Waals surface area (Å²) in [5, 5.41) is 3.35. The van der Waals surface area contributed by atoms with Crippen molar-refractivity contribution in [1.29, 1.82) is 0 Å². The zero-order valence-corrected chi connectivity index (χ0v) is 11.6. The molecule has 4 heteroatoms. The number of hydrogen-bond acceptors (Lipinski definition) is 2. The van der Waals surface area contributed by atoms with E-state index in [9.17, 15) is 4.57 Å². The minimum Gasteiger partial charge on any atom is -0.346 e. The summed E-state index contributed by atoms with van der Waals surface area (Å²) in [5.41, 5.74) is 2.32. The molecule has 19 heavy (non-hydrogen) atoms. The lowest BCUT2D eigenvalue weighted by Gasteiger charge is -2.19. The van der Waals surface area contributed by atoms with Crippen molar-refractivity contribution >= 4 is 8.03 Å². The molecule has 2 aromatic carbocycles. The number of hydrogen-bond donors (Lipinski definition) is 2. The van der Waals surface area contributed by atoms with E-state index in [0.717, 1.165) is 11.1 Å². The third kappa shape index (κ3) is 4.32. The Morgan fingerprint density at radius 1 is 0.947 bits per heavy atom. The van der Waals surface area contributed by atoms with E-state index in [-0.39, 0.29) is 6.04 Å². The summed E-state index contributed by atoms with van der Waals surface area (Å²) in [6.45, 7) is 0.531. The van der Waals surface area contributed by atoms with Crippen LogP contribution in [-0.2, 0) is 4.57 Å². The first kappa shape index (κ1) is 14.0. The van der Waals surface area contributed by atoms with Crippen molar-refractivity contribution in [3.05, 3.63) is 71.8 Å². The maximum absolute atomic E-state index is 10.8. The lowest BCUT2D eigenvalue weighted by molar-refractivity contribution is 0.498. The molecule has 2 aromatic rings. The van der Waals surface area contributed by atoms with E-state index in [1.807, 2.05) is 36.4 Å². The zero-order chi connectivity index (χ0) is 13.5. The minimum atomic E-state index is -2.41. The van der Waals surface area contributed by atoms with Gasteiger partial charge < -0.3 is 10.2 Å². The van der Waals surface area contributed by atoms with Crippen LogP contribution in [0.4, 0.5) is 0 Å². The summed E-state index contributed by atoms with van der Waals surface area (Å²) in [7, 11) is -2.41. The molecule has 0 aliphatic heterocycles. The Kier molecular flexibility index (Phi) is 5.34. The van der Waals surface area contributed by atoms with Gasteiger partial charge in [0, 0.05) is 12.7 Å². The second-order valence-electron chi connectivity index (χ2n) is 4.35. The van der Waals surface area contributed by atoms with Crippen LogP contribution in [0.2, 0.25) is 0 Å². The van der Waals surface area contributed by atoms with Crippen LogP contribution in [0.5, 0.6) is 0 Å². The Balaban J connectivity index is 2.17. The quantitative estimate of drug-likeness (QED) is 0.797. The van der Waals surface area contributed by atoms with Crippen LogP contribution in [0.3, 0.4) is 0 Å². The lowest BCUT2D eigenvalue weighted by Crippen LogP contribution is -2.24. The smallest absolute Gasteiger partial charge is 0.190 e. The van der Waals surface area contributed by atoms with Gasteiger partial charge in [0.05, 0.1) is 6.04 Å². The molecule has 100 valence electrons. The third-order valence-electron chi connectivity index (χ3n) is 2.95. The molecule has 0 aliphatic rings. The first-order valence-electron chi connectivity index (χ1n) is 6.32. The number of rotatable bonds is 6. The van der Waals surface area contributed by atoms with Gasteiger partial charge in [-0.05, 0) is 11.1 Å². The molecular weight excluding hydrogens is 257 g/mol. The molecule has 0 heterocycles. The van der Waals surface area contributed by atoms with Gasteiger partial charge in [-0.15, -0.1) is 0 Å². The van der Waals surface area contributed by atoms with E-state index >= 15 is 0 Å². The van der Waals surface area contributed by atoms with Crippen molar-refractivity contribution < 1.29 is 9.46 Å². The molecule has 3 nitrogen and oxygen atoms in total. The molecule has 0 saturated carbocycles. The molecule has 1 unspecified atom stereocenters. The lowest BCUT2D eigenvalue weighted by atomic mass is 9.99. The fraction of sp³-hybridized carbons (Fsp3) is 0.200. The van der Waals surface area contributed by atoms with Gasteiger partial charge in [0.15, 0.2) is 8.03 Å². The summed E-state index contributed by atoms with van der Waals surface area (Å²) < 4.78 is 10.8. The van der Waals surface area contributed by atoms with Crippen LogP contribution in [0.15, 0.2) is 60.7 Å². The fourth-order valence-corrected chi connectivity index (χ4v) is 2.40. The molecule has 0 amide bonds. The Hall–Kier alpha value is -1.41. The third-order valence-corrected chi connectivity index (χ3v) is 3.63. The highest BCUT2D eigenvalue weighted by Crippen LogP contribution is 2.22. The normalized spacial score (nSPS) is 12.5. The molecule has 2 rings (SSSR count). The highest BCUT2D eigenvalue weighted by molar-refractivity contribution is 7.38. The van der Waals surface area contributed by atoms with Crippen LogP contribution < -0.4 is 5.32 Å². The average Bonchev–Trinajstić information content (AvgIpc) is 2.45. The second-order valence-corrected chi connectivity index (χ2v) is 5.64. The monoisotopic (exact) mass is 275 g/mol. The summed E-state index contributed by atoms with van der Waals surface area (Å²) in [6, 6.07) is 20.3. The molecule has 0 spiro atoms. The van der Waals surface area contributed by atoms with Crippen molar-refractivity contribution in [1.82, 2.24) is 5.32 Å². The Morgan fingerprint density at radius 3 is 1.84 bits per heavy atom. The van der Waals surface area contributed by atoms with Crippen molar-refractivity contribution in [2.75, 3.05) is 12.7 Å². The SMILES string of the molecule is O=[PH](O)CCNC(c1ccccc1)c1ccccc1. The molecule has 2 N–H and O–H groups in total. The first-order valence-corrected chi connectivity index (χ1v) is 7.88. The van der Waals surface area contributed by atoms with E-state index in [1.54, 1.807) is 0 Å². The van der Waals surface area contributed by atoms with E-state index in [1.165, 1.54) is 0 Å². The number of nitrogens with one attached hydrogen (secondary N) is 1. The first-order chi connectivity index (χ1) is 9.27. The van der Waals surface area contributed by atoms with Crippen molar-refractivity contribution in [2.45, 2.75) is 6.04 Å². The second kappa shape index (κ2) is 7.25. The van der Waals surface area contributed by atoms with E-state index in [4.69, 9.17) is 4.89 Å². The molecule has 0 bridgehead atoms. The van der Waals surface area contributed by atoms with Crippen molar-refractivity contribution in [2.24, 2.45) is 0 Å². The molecule has 0 fully saturated rings. The molecule has 0 saturated heterocycles. The van der Waals surface area contributed by atoms with Crippen molar-refractivity contribution in [3.63, 3.8) is 0 Å². The van der Waals surface area contributed by atoms with Gasteiger partial charge in [0.2, 0.25) is 0 Å². The Labute approximate surface area is 114 Å². The maximum Gasteiger partial charge on any atom is 0.190 e. The largest absolute Gasteiger partial charge is 0.346 e. The summed E-state index contributed by atoms with van der Waals surface area (Å²) in [6.07, 6.45) is 0.306. The Bertz CT molecular complexity index is 477. The molecule has 0 aliphatic carbocycles. The van der Waals surface area contributed by atoms with Gasteiger partial charge in [-0.25, -0.2) is 0 Å². The van der Waals surface area contributed by atoms with Crippen LogP contribution in [-0.4, -0.2) is 17.6 Å². The zero-order valence-electron chi connectivity index (χ0n) is 10.6. The molecular formula is C15H18NO2P. The van der Waals surface area contributed by atoms with E-state index in [0.29, 0.717) is 12.7 Å². The van der Waals surface area contributed by atoms with Gasteiger partial charge in [-0.3, -0.25) is 4.57 Å². The molecule has 0 radical (unpaired) electrons. The Morgan fingerprint density at radius 2 is 1.42 bits per heavy atom. The van der Waals surface area contributed by atoms with Gasteiger partial charge >= 0.3 is 0 Å². The van der Waals surface area contributed by atoms with Crippen molar-refractivity contribution in [3.8, 4) is 0 Å². The topological polar surface area (TPSA) is 49.3 Å². The summed E-state index contributed by atoms with van der Waals surface area (Å²) in [5.74, 6) is 0. The predicted molar refractivity (Wildman–Crippen MR) is 78.8 cm³/mol. The van der Waals surface area contributed by atoms with Crippen LogP contribution in [0.25, 0.3) is 0 Å². The highest BCUT2D eigenvalue weighted by Gasteiger charge is 2.12. The van der Waals surface area contributed by atoms with Gasteiger partial charge in [-0.1, -0.05) is 60.7 Å².